The zero-order valence-electron chi connectivity index (χ0n) is 11.8. The predicted molar refractivity (Wildman–Crippen MR) is 79.3 cm³/mol. The summed E-state index contributed by atoms with van der Waals surface area (Å²) in [5.41, 5.74) is 0. The lowest BCUT2D eigenvalue weighted by molar-refractivity contribution is -0.148. The molecular weight excluding hydrogens is 323 g/mol. The minimum atomic E-state index is -0.663. The van der Waals surface area contributed by atoms with Crippen molar-refractivity contribution < 1.29 is 23.2 Å². The summed E-state index contributed by atoms with van der Waals surface area (Å²) in [4.78, 5) is 16.5. The third-order valence-corrected chi connectivity index (χ3v) is 3.61. The summed E-state index contributed by atoms with van der Waals surface area (Å²) >= 11 is 1.47. The lowest BCUT2D eigenvalue weighted by Gasteiger charge is -2.06. The molecule has 2 heterocycles. The van der Waals surface area contributed by atoms with E-state index in [2.05, 4.69) is 10.1 Å². The van der Waals surface area contributed by atoms with Crippen LogP contribution in [0.1, 0.15) is 5.89 Å². The fourth-order valence-corrected chi connectivity index (χ4v) is 2.35. The van der Waals surface area contributed by atoms with Gasteiger partial charge in [-0.2, -0.15) is 4.98 Å². The average Bonchev–Trinajstić information content (AvgIpc) is 3.23. The van der Waals surface area contributed by atoms with Crippen LogP contribution in [-0.4, -0.2) is 22.7 Å². The Hall–Kier alpha value is -2.74. The number of benzene rings is 1. The first-order valence-corrected chi connectivity index (χ1v) is 7.50. The SMILES string of the molecule is O=C(COc1ccccc1F)OCc1nc(-c2cccs2)no1. The molecule has 0 aliphatic heterocycles. The Morgan fingerprint density at radius 2 is 2.13 bits per heavy atom. The van der Waals surface area contributed by atoms with Crippen LogP contribution in [0.3, 0.4) is 0 Å². The zero-order chi connectivity index (χ0) is 16.1. The van der Waals surface area contributed by atoms with Crippen LogP contribution in [0.15, 0.2) is 46.3 Å². The van der Waals surface area contributed by atoms with Gasteiger partial charge in [0, 0.05) is 0 Å². The Morgan fingerprint density at radius 1 is 1.26 bits per heavy atom. The van der Waals surface area contributed by atoms with Crippen LogP contribution in [-0.2, 0) is 16.1 Å². The number of esters is 1. The van der Waals surface area contributed by atoms with Crippen molar-refractivity contribution in [3.63, 3.8) is 0 Å². The highest BCUT2D eigenvalue weighted by atomic mass is 32.1. The number of carbonyl (C=O) groups is 1. The number of halogens is 1. The van der Waals surface area contributed by atoms with Gasteiger partial charge in [0.2, 0.25) is 5.82 Å². The second-order valence-corrected chi connectivity index (χ2v) is 5.32. The van der Waals surface area contributed by atoms with Gasteiger partial charge in [-0.3, -0.25) is 0 Å². The summed E-state index contributed by atoms with van der Waals surface area (Å²) < 4.78 is 28.3. The highest BCUT2D eigenvalue weighted by Crippen LogP contribution is 2.21. The molecular formula is C15H11FN2O4S. The van der Waals surface area contributed by atoms with Gasteiger partial charge in [0.05, 0.1) is 4.88 Å². The van der Waals surface area contributed by atoms with E-state index in [1.807, 2.05) is 17.5 Å². The molecule has 1 aromatic carbocycles. The first-order valence-electron chi connectivity index (χ1n) is 6.62. The molecule has 3 aromatic rings. The van der Waals surface area contributed by atoms with E-state index in [0.29, 0.717) is 5.82 Å². The van der Waals surface area contributed by atoms with Gasteiger partial charge >= 0.3 is 5.97 Å². The molecule has 8 heteroatoms. The quantitative estimate of drug-likeness (QED) is 0.645. The van der Waals surface area contributed by atoms with Gasteiger partial charge in [0.25, 0.3) is 5.89 Å². The largest absolute Gasteiger partial charge is 0.479 e. The van der Waals surface area contributed by atoms with Crippen LogP contribution in [0.2, 0.25) is 0 Å². The summed E-state index contributed by atoms with van der Waals surface area (Å²) in [7, 11) is 0. The maximum atomic E-state index is 13.3. The average molecular weight is 334 g/mol. The zero-order valence-corrected chi connectivity index (χ0v) is 12.6. The third-order valence-electron chi connectivity index (χ3n) is 2.75. The molecule has 0 spiro atoms. The Kier molecular flexibility index (Phi) is 4.62. The fourth-order valence-electron chi connectivity index (χ4n) is 1.70. The van der Waals surface area contributed by atoms with Crippen molar-refractivity contribution in [1.29, 1.82) is 0 Å². The number of rotatable bonds is 6. The number of hydrogen-bond donors (Lipinski definition) is 0. The molecule has 0 fully saturated rings. The second kappa shape index (κ2) is 7.01. The Balaban J connectivity index is 1.49. The summed E-state index contributed by atoms with van der Waals surface area (Å²) in [6, 6.07) is 9.53. The van der Waals surface area contributed by atoms with E-state index < -0.39 is 18.4 Å². The molecule has 118 valence electrons. The summed E-state index contributed by atoms with van der Waals surface area (Å²) in [5.74, 6) is -0.606. The molecule has 0 amide bonds. The molecule has 0 saturated heterocycles. The lowest BCUT2D eigenvalue weighted by Crippen LogP contribution is -2.15. The number of carbonyl (C=O) groups excluding carboxylic acids is 1. The minimum Gasteiger partial charge on any atom is -0.479 e. The smallest absolute Gasteiger partial charge is 0.344 e. The molecule has 23 heavy (non-hydrogen) atoms. The van der Waals surface area contributed by atoms with Crippen molar-refractivity contribution in [1.82, 2.24) is 10.1 Å². The highest BCUT2D eigenvalue weighted by Gasteiger charge is 2.12. The predicted octanol–water partition coefficient (Wildman–Crippen LogP) is 3.06. The van der Waals surface area contributed by atoms with Crippen LogP contribution in [0.4, 0.5) is 4.39 Å². The summed E-state index contributed by atoms with van der Waals surface area (Å²) in [6.45, 7) is -0.579. The summed E-state index contributed by atoms with van der Waals surface area (Å²) in [5, 5.41) is 5.69. The van der Waals surface area contributed by atoms with E-state index in [1.54, 1.807) is 6.07 Å². The van der Waals surface area contributed by atoms with Crippen molar-refractivity contribution in [3.8, 4) is 16.5 Å². The number of hydrogen-bond acceptors (Lipinski definition) is 7. The fraction of sp³-hybridized carbons (Fsp3) is 0.133. The van der Waals surface area contributed by atoms with Crippen LogP contribution in [0.5, 0.6) is 5.75 Å². The van der Waals surface area contributed by atoms with Crippen LogP contribution < -0.4 is 4.74 Å². The molecule has 0 N–H and O–H groups in total. The maximum absolute atomic E-state index is 13.3. The molecule has 2 aromatic heterocycles. The van der Waals surface area contributed by atoms with Gasteiger partial charge in [0.1, 0.15) is 0 Å². The van der Waals surface area contributed by atoms with Gasteiger partial charge in [0.15, 0.2) is 24.8 Å². The molecule has 6 nitrogen and oxygen atoms in total. The summed E-state index contributed by atoms with van der Waals surface area (Å²) in [6.07, 6.45) is 0. The van der Waals surface area contributed by atoms with Crippen molar-refractivity contribution >= 4 is 17.3 Å². The van der Waals surface area contributed by atoms with Gasteiger partial charge in [-0.05, 0) is 23.6 Å². The molecule has 0 radical (unpaired) electrons. The van der Waals surface area contributed by atoms with Crippen LogP contribution in [0, 0.1) is 5.82 Å². The molecule has 0 aliphatic rings. The van der Waals surface area contributed by atoms with Crippen LogP contribution in [0.25, 0.3) is 10.7 Å². The number of aromatic nitrogens is 2. The van der Waals surface area contributed by atoms with Gasteiger partial charge in [-0.1, -0.05) is 23.4 Å². The number of ether oxygens (including phenoxy) is 2. The van der Waals surface area contributed by atoms with Gasteiger partial charge in [-0.15, -0.1) is 11.3 Å². The number of nitrogens with zero attached hydrogens (tertiary/aromatic N) is 2. The number of para-hydroxylation sites is 1. The Labute approximate surface area is 134 Å². The third kappa shape index (κ3) is 3.92. The molecule has 0 saturated carbocycles. The normalized spacial score (nSPS) is 10.5. The minimum absolute atomic E-state index is 0.0118. The Morgan fingerprint density at radius 3 is 2.91 bits per heavy atom. The molecule has 0 bridgehead atoms. The van der Waals surface area contributed by atoms with E-state index in [0.717, 1.165) is 4.88 Å². The van der Waals surface area contributed by atoms with Crippen LogP contribution >= 0.6 is 11.3 Å². The highest BCUT2D eigenvalue weighted by molar-refractivity contribution is 7.13. The van der Waals surface area contributed by atoms with E-state index in [9.17, 15) is 9.18 Å². The van der Waals surface area contributed by atoms with Crippen molar-refractivity contribution in [2.24, 2.45) is 0 Å². The molecule has 3 rings (SSSR count). The monoisotopic (exact) mass is 334 g/mol. The van der Waals surface area contributed by atoms with E-state index in [-0.39, 0.29) is 18.2 Å². The molecule has 0 aliphatic carbocycles. The van der Waals surface area contributed by atoms with Crippen molar-refractivity contribution in [2.75, 3.05) is 6.61 Å². The van der Waals surface area contributed by atoms with Gasteiger partial charge in [-0.25, -0.2) is 9.18 Å². The Bertz CT molecular complexity index is 788. The van der Waals surface area contributed by atoms with Gasteiger partial charge < -0.3 is 14.0 Å². The standard InChI is InChI=1S/C15H11FN2O4S/c16-10-4-1-2-5-11(10)20-9-14(19)21-8-13-17-15(18-22-13)12-6-3-7-23-12/h1-7H,8-9H2. The first-order chi connectivity index (χ1) is 11.2. The maximum Gasteiger partial charge on any atom is 0.344 e. The van der Waals surface area contributed by atoms with E-state index in [4.69, 9.17) is 14.0 Å². The lowest BCUT2D eigenvalue weighted by atomic mass is 10.3. The topological polar surface area (TPSA) is 74.5 Å². The second-order valence-electron chi connectivity index (χ2n) is 4.37. The van der Waals surface area contributed by atoms with Crippen molar-refractivity contribution in [3.05, 3.63) is 53.5 Å². The van der Waals surface area contributed by atoms with E-state index >= 15 is 0 Å². The first kappa shape index (κ1) is 15.2. The number of thiophene rings is 1. The van der Waals surface area contributed by atoms with E-state index in [1.165, 1.54) is 29.5 Å². The van der Waals surface area contributed by atoms with Crippen molar-refractivity contribution in [2.45, 2.75) is 6.61 Å². The molecule has 0 unspecified atom stereocenters. The molecule has 0 atom stereocenters.